The first-order valence-corrected chi connectivity index (χ1v) is 9.68. The summed E-state index contributed by atoms with van der Waals surface area (Å²) < 4.78 is 0. The summed E-state index contributed by atoms with van der Waals surface area (Å²) in [7, 11) is 0. The van der Waals surface area contributed by atoms with Crippen molar-refractivity contribution in [2.75, 3.05) is 37.6 Å². The van der Waals surface area contributed by atoms with Gasteiger partial charge < -0.3 is 9.80 Å². The van der Waals surface area contributed by atoms with Crippen molar-refractivity contribution in [3.05, 3.63) is 65.5 Å². The van der Waals surface area contributed by atoms with E-state index in [-0.39, 0.29) is 11.8 Å². The molecule has 1 saturated heterocycles. The van der Waals surface area contributed by atoms with Crippen molar-refractivity contribution in [3.8, 4) is 0 Å². The molecule has 144 valence electrons. The summed E-state index contributed by atoms with van der Waals surface area (Å²) in [6.07, 6.45) is 1.79. The van der Waals surface area contributed by atoms with Gasteiger partial charge in [-0.15, -0.1) is 0 Å². The number of anilines is 1. The molecule has 2 aliphatic heterocycles. The molecule has 6 nitrogen and oxygen atoms in total. The molecule has 1 aromatic heterocycles. The molecule has 2 aliphatic rings. The quantitative estimate of drug-likeness (QED) is 0.767. The highest BCUT2D eigenvalue weighted by Gasteiger charge is 2.41. The smallest absolute Gasteiger partial charge is 0.277 e. The lowest BCUT2D eigenvalue weighted by Crippen LogP contribution is -2.47. The van der Waals surface area contributed by atoms with Crippen molar-refractivity contribution in [2.24, 2.45) is 0 Å². The average molecular weight is 376 g/mol. The monoisotopic (exact) mass is 376 g/mol. The lowest BCUT2D eigenvalue weighted by molar-refractivity contribution is -0.137. The van der Waals surface area contributed by atoms with E-state index in [2.05, 4.69) is 14.8 Å². The number of likely N-dealkylation sites (N-methyl/N-ethyl adjacent to an activating group) is 1. The van der Waals surface area contributed by atoms with Gasteiger partial charge in [0.2, 0.25) is 0 Å². The average Bonchev–Trinajstić information content (AvgIpc) is 2.99. The lowest BCUT2D eigenvalue weighted by atomic mass is 10.0. The van der Waals surface area contributed by atoms with Gasteiger partial charge in [-0.2, -0.15) is 0 Å². The number of imide groups is 1. The predicted octanol–water partition coefficient (Wildman–Crippen LogP) is 2.31. The first-order chi connectivity index (χ1) is 13.6. The lowest BCUT2D eigenvalue weighted by Gasteiger charge is -2.37. The fourth-order valence-corrected chi connectivity index (χ4v) is 3.82. The first kappa shape index (κ1) is 18.2. The number of piperazine rings is 1. The van der Waals surface area contributed by atoms with Gasteiger partial charge in [0, 0.05) is 38.9 Å². The van der Waals surface area contributed by atoms with E-state index in [4.69, 9.17) is 0 Å². The third-order valence-corrected chi connectivity index (χ3v) is 5.37. The maximum Gasteiger partial charge on any atom is 0.277 e. The first-order valence-electron chi connectivity index (χ1n) is 9.68. The minimum Gasteiger partial charge on any atom is -0.363 e. The molecular formula is C22H24N4O2. The van der Waals surface area contributed by atoms with E-state index < -0.39 is 0 Å². The van der Waals surface area contributed by atoms with Crippen LogP contribution in [0.1, 0.15) is 18.1 Å². The fourth-order valence-electron chi connectivity index (χ4n) is 3.82. The minimum absolute atomic E-state index is 0.186. The van der Waals surface area contributed by atoms with E-state index in [1.54, 1.807) is 6.20 Å². The summed E-state index contributed by atoms with van der Waals surface area (Å²) in [4.78, 5) is 36.0. The van der Waals surface area contributed by atoms with Gasteiger partial charge in [0.15, 0.2) is 0 Å². The summed E-state index contributed by atoms with van der Waals surface area (Å²) in [5, 5.41) is 0. The number of carbonyl (C=O) groups excluding carboxylic acids is 2. The van der Waals surface area contributed by atoms with Gasteiger partial charge in [0.05, 0.1) is 5.57 Å². The van der Waals surface area contributed by atoms with E-state index in [9.17, 15) is 9.59 Å². The number of amides is 2. The van der Waals surface area contributed by atoms with Gasteiger partial charge >= 0.3 is 0 Å². The van der Waals surface area contributed by atoms with Crippen LogP contribution in [-0.2, 0) is 9.59 Å². The van der Waals surface area contributed by atoms with E-state index in [0.717, 1.165) is 30.0 Å². The van der Waals surface area contributed by atoms with Crippen LogP contribution in [0.4, 0.5) is 5.82 Å². The molecule has 0 N–H and O–H groups in total. The standard InChI is InChI=1S/C22H24N4O2/c1-3-26-21(27)19(17-9-7-16(2)8-10-17)20(22(26)28)25-14-12-24(13-15-25)18-6-4-5-11-23-18/h4-11H,3,12-15H2,1-2H3. The Morgan fingerprint density at radius 3 is 2.18 bits per heavy atom. The zero-order valence-corrected chi connectivity index (χ0v) is 16.3. The number of carbonyl (C=O) groups is 2. The van der Waals surface area contributed by atoms with Crippen LogP contribution < -0.4 is 4.90 Å². The molecule has 0 bridgehead atoms. The summed E-state index contributed by atoms with van der Waals surface area (Å²) >= 11 is 0. The summed E-state index contributed by atoms with van der Waals surface area (Å²) in [5.74, 6) is 0.562. The zero-order chi connectivity index (χ0) is 19.7. The summed E-state index contributed by atoms with van der Waals surface area (Å²) in [5.41, 5.74) is 3.00. The van der Waals surface area contributed by atoms with Crippen molar-refractivity contribution < 1.29 is 9.59 Å². The molecule has 4 rings (SSSR count). The molecule has 1 aromatic carbocycles. The van der Waals surface area contributed by atoms with Gasteiger partial charge in [-0.1, -0.05) is 35.9 Å². The Hall–Kier alpha value is -3.15. The second-order valence-corrected chi connectivity index (χ2v) is 7.11. The van der Waals surface area contributed by atoms with Gasteiger partial charge in [-0.05, 0) is 31.5 Å². The van der Waals surface area contributed by atoms with Crippen LogP contribution in [0.25, 0.3) is 5.57 Å². The number of aryl methyl sites for hydroxylation is 1. The molecule has 0 aliphatic carbocycles. The third-order valence-electron chi connectivity index (χ3n) is 5.37. The molecule has 0 radical (unpaired) electrons. The second kappa shape index (κ2) is 7.46. The summed E-state index contributed by atoms with van der Waals surface area (Å²) in [6.45, 7) is 7.10. The van der Waals surface area contributed by atoms with Crippen molar-refractivity contribution in [1.82, 2.24) is 14.8 Å². The van der Waals surface area contributed by atoms with Crippen molar-refractivity contribution in [3.63, 3.8) is 0 Å². The van der Waals surface area contributed by atoms with Crippen molar-refractivity contribution in [2.45, 2.75) is 13.8 Å². The Balaban J connectivity index is 1.64. The largest absolute Gasteiger partial charge is 0.363 e. The Morgan fingerprint density at radius 1 is 0.893 bits per heavy atom. The van der Waals surface area contributed by atoms with E-state index in [1.165, 1.54) is 4.90 Å². The highest BCUT2D eigenvalue weighted by Crippen LogP contribution is 2.32. The number of hydrogen-bond acceptors (Lipinski definition) is 5. The maximum absolute atomic E-state index is 13.0. The van der Waals surface area contributed by atoms with Gasteiger partial charge in [-0.25, -0.2) is 4.98 Å². The predicted molar refractivity (Wildman–Crippen MR) is 109 cm³/mol. The molecule has 1 fully saturated rings. The van der Waals surface area contributed by atoms with Gasteiger partial charge in [0.25, 0.3) is 11.8 Å². The van der Waals surface area contributed by atoms with Crippen LogP contribution in [-0.4, -0.2) is 59.3 Å². The van der Waals surface area contributed by atoms with Crippen LogP contribution in [0.15, 0.2) is 54.4 Å². The number of pyridine rings is 1. The third kappa shape index (κ3) is 3.15. The maximum atomic E-state index is 13.0. The number of benzene rings is 1. The minimum atomic E-state index is -0.196. The number of hydrogen-bond donors (Lipinski definition) is 0. The van der Waals surface area contributed by atoms with Gasteiger partial charge in [-0.3, -0.25) is 14.5 Å². The zero-order valence-electron chi connectivity index (χ0n) is 16.3. The molecule has 28 heavy (non-hydrogen) atoms. The topological polar surface area (TPSA) is 56.8 Å². The number of nitrogens with zero attached hydrogens (tertiary/aromatic N) is 4. The fraction of sp³-hybridized carbons (Fsp3) is 0.318. The molecule has 3 heterocycles. The highest BCUT2D eigenvalue weighted by atomic mass is 16.2. The van der Waals surface area contributed by atoms with Gasteiger partial charge in [0.1, 0.15) is 11.5 Å². The van der Waals surface area contributed by atoms with Crippen LogP contribution in [0.3, 0.4) is 0 Å². The summed E-state index contributed by atoms with van der Waals surface area (Å²) in [6, 6.07) is 13.7. The van der Waals surface area contributed by atoms with Crippen LogP contribution >= 0.6 is 0 Å². The van der Waals surface area contributed by atoms with Crippen LogP contribution in [0.2, 0.25) is 0 Å². The second-order valence-electron chi connectivity index (χ2n) is 7.11. The molecule has 0 spiro atoms. The Bertz CT molecular complexity index is 913. The van der Waals surface area contributed by atoms with Crippen molar-refractivity contribution >= 4 is 23.2 Å². The molecule has 2 amide bonds. The molecule has 0 saturated carbocycles. The van der Waals surface area contributed by atoms with E-state index in [0.29, 0.717) is 30.9 Å². The van der Waals surface area contributed by atoms with Crippen LogP contribution in [0, 0.1) is 6.92 Å². The van der Waals surface area contributed by atoms with Crippen LogP contribution in [0.5, 0.6) is 0 Å². The van der Waals surface area contributed by atoms with E-state index in [1.807, 2.05) is 56.3 Å². The molecule has 0 unspecified atom stereocenters. The molecule has 6 heteroatoms. The molecular weight excluding hydrogens is 352 g/mol. The Labute approximate surface area is 165 Å². The SMILES string of the molecule is CCN1C(=O)C(c2ccc(C)cc2)=C(N2CCN(c3ccccn3)CC2)C1=O. The molecule has 2 aromatic rings. The number of rotatable bonds is 4. The van der Waals surface area contributed by atoms with E-state index >= 15 is 0 Å². The Morgan fingerprint density at radius 2 is 1.57 bits per heavy atom. The number of aromatic nitrogens is 1. The normalized spacial score (nSPS) is 17.7. The van der Waals surface area contributed by atoms with Crippen molar-refractivity contribution in [1.29, 1.82) is 0 Å². The molecule has 0 atom stereocenters. The highest BCUT2D eigenvalue weighted by molar-refractivity contribution is 6.35. The Kier molecular flexibility index (Phi) is 4.86.